The molecule has 2 rings (SSSR count). The van der Waals surface area contributed by atoms with Gasteiger partial charge in [-0.3, -0.25) is 15.6 Å². The number of hydrazine groups is 1. The first-order valence-corrected chi connectivity index (χ1v) is 8.82. The number of rotatable bonds is 5. The van der Waals surface area contributed by atoms with Crippen LogP contribution in [0.1, 0.15) is 23.6 Å². The second-order valence-electron chi connectivity index (χ2n) is 5.76. The average Bonchev–Trinajstić information content (AvgIpc) is 2.66. The van der Waals surface area contributed by atoms with Crippen molar-refractivity contribution < 1.29 is 13.9 Å². The van der Waals surface area contributed by atoms with E-state index in [2.05, 4.69) is 23.1 Å². The molecule has 0 aliphatic rings. The smallest absolute Gasteiger partial charge is 0.262 e. The van der Waals surface area contributed by atoms with Crippen molar-refractivity contribution in [2.45, 2.75) is 20.3 Å². The maximum absolute atomic E-state index is 13.6. The minimum Gasteiger partial charge on any atom is -0.494 e. The van der Waals surface area contributed by atoms with Crippen LogP contribution in [0, 0.1) is 12.7 Å². The first kappa shape index (κ1) is 20.4. The molecule has 0 saturated heterocycles. The van der Waals surface area contributed by atoms with Crippen molar-refractivity contribution in [3.8, 4) is 5.75 Å². The van der Waals surface area contributed by atoms with Gasteiger partial charge in [-0.15, -0.1) is 0 Å². The highest BCUT2D eigenvalue weighted by Gasteiger charge is 2.06. The topological polar surface area (TPSA) is 62.4 Å². The highest BCUT2D eigenvalue weighted by Crippen LogP contribution is 2.21. The molecular weight excluding hydrogens is 365 g/mol. The number of thiocarbonyl (C=S) groups is 1. The van der Waals surface area contributed by atoms with Crippen molar-refractivity contribution in [1.29, 1.82) is 0 Å². The minimum absolute atomic E-state index is 0.150. The molecule has 0 unspecified atom stereocenters. The number of nitrogens with one attached hydrogen (secondary N) is 3. The van der Waals surface area contributed by atoms with E-state index < -0.39 is 11.7 Å². The Kier molecular flexibility index (Phi) is 7.31. The Labute approximate surface area is 163 Å². The zero-order chi connectivity index (χ0) is 19.8. The van der Waals surface area contributed by atoms with Crippen molar-refractivity contribution in [1.82, 2.24) is 10.9 Å². The zero-order valence-electron chi connectivity index (χ0n) is 15.4. The van der Waals surface area contributed by atoms with Crippen molar-refractivity contribution in [3.05, 3.63) is 65.0 Å². The molecule has 1 amide bonds. The van der Waals surface area contributed by atoms with Crippen LogP contribution in [0.5, 0.6) is 5.75 Å². The summed E-state index contributed by atoms with van der Waals surface area (Å²) in [4.78, 5) is 11.9. The fraction of sp³-hybridized carbons (Fsp3) is 0.200. The third kappa shape index (κ3) is 5.79. The van der Waals surface area contributed by atoms with E-state index in [9.17, 15) is 9.18 Å². The summed E-state index contributed by atoms with van der Waals surface area (Å²) in [5, 5.41) is 3.37. The Hall–Kier alpha value is -2.93. The molecule has 5 nitrogen and oxygen atoms in total. The van der Waals surface area contributed by atoms with Crippen LogP contribution in [0.3, 0.4) is 0 Å². The maximum Gasteiger partial charge on any atom is 0.262 e. The molecule has 0 fully saturated rings. The molecule has 0 spiro atoms. The molecule has 0 aliphatic heterocycles. The maximum atomic E-state index is 13.6. The molecule has 3 N–H and O–H groups in total. The SMILES string of the molecule is CCc1cccc(C)c1NC(=S)NNC(=O)/C=C/c1ccc(OC)c(F)c1. The van der Waals surface area contributed by atoms with E-state index in [-0.39, 0.29) is 10.9 Å². The molecule has 2 aromatic carbocycles. The van der Waals surface area contributed by atoms with Gasteiger partial charge in [0.1, 0.15) is 0 Å². The summed E-state index contributed by atoms with van der Waals surface area (Å²) in [5.41, 5.74) is 8.78. The van der Waals surface area contributed by atoms with Gasteiger partial charge in [-0.25, -0.2) is 4.39 Å². The minimum atomic E-state index is -0.492. The summed E-state index contributed by atoms with van der Waals surface area (Å²) in [7, 11) is 1.39. The van der Waals surface area contributed by atoms with Gasteiger partial charge < -0.3 is 10.1 Å². The number of hydrogen-bond donors (Lipinski definition) is 3. The number of ether oxygens (including phenoxy) is 1. The van der Waals surface area contributed by atoms with Crippen molar-refractivity contribution in [2.75, 3.05) is 12.4 Å². The lowest BCUT2D eigenvalue weighted by Gasteiger charge is -2.15. The summed E-state index contributed by atoms with van der Waals surface area (Å²) in [6, 6.07) is 10.4. The van der Waals surface area contributed by atoms with Crippen LogP contribution >= 0.6 is 12.2 Å². The number of carbonyl (C=O) groups is 1. The molecule has 0 bridgehead atoms. The normalized spacial score (nSPS) is 10.5. The van der Waals surface area contributed by atoms with Gasteiger partial charge in [0, 0.05) is 11.8 Å². The number of halogens is 1. The van der Waals surface area contributed by atoms with Gasteiger partial charge in [0.2, 0.25) is 0 Å². The Balaban J connectivity index is 1.90. The van der Waals surface area contributed by atoms with E-state index in [0.29, 0.717) is 5.56 Å². The second-order valence-corrected chi connectivity index (χ2v) is 6.17. The van der Waals surface area contributed by atoms with Gasteiger partial charge in [0.25, 0.3) is 5.91 Å². The van der Waals surface area contributed by atoms with Gasteiger partial charge in [-0.2, -0.15) is 0 Å². The summed E-state index contributed by atoms with van der Waals surface area (Å²) < 4.78 is 18.5. The second kappa shape index (κ2) is 9.68. The van der Waals surface area contributed by atoms with Crippen LogP contribution in [0.2, 0.25) is 0 Å². The predicted octanol–water partition coefficient (Wildman–Crippen LogP) is 3.74. The van der Waals surface area contributed by atoms with E-state index >= 15 is 0 Å². The van der Waals surface area contributed by atoms with Crippen LogP contribution in [-0.2, 0) is 11.2 Å². The molecule has 0 saturated carbocycles. The first-order chi connectivity index (χ1) is 12.9. The fourth-order valence-electron chi connectivity index (χ4n) is 2.47. The van der Waals surface area contributed by atoms with Gasteiger partial charge in [-0.05, 0) is 60.5 Å². The van der Waals surface area contributed by atoms with Crippen LogP contribution < -0.4 is 20.9 Å². The fourth-order valence-corrected chi connectivity index (χ4v) is 2.62. The van der Waals surface area contributed by atoms with E-state index in [4.69, 9.17) is 17.0 Å². The summed E-state index contributed by atoms with van der Waals surface area (Å²) >= 11 is 5.22. The molecule has 7 heteroatoms. The average molecular weight is 387 g/mol. The highest BCUT2D eigenvalue weighted by molar-refractivity contribution is 7.80. The summed E-state index contributed by atoms with van der Waals surface area (Å²) in [5.74, 6) is -0.762. The molecule has 0 radical (unpaired) electrons. The number of anilines is 1. The molecule has 27 heavy (non-hydrogen) atoms. The van der Waals surface area contributed by atoms with Crippen molar-refractivity contribution >= 4 is 35.0 Å². The third-order valence-corrected chi connectivity index (χ3v) is 4.08. The number of para-hydroxylation sites is 1. The Morgan fingerprint density at radius 3 is 2.70 bits per heavy atom. The first-order valence-electron chi connectivity index (χ1n) is 8.41. The van der Waals surface area contributed by atoms with Crippen LogP contribution in [0.25, 0.3) is 6.08 Å². The molecule has 0 aromatic heterocycles. The molecule has 142 valence electrons. The number of aryl methyl sites for hydroxylation is 2. The predicted molar refractivity (Wildman–Crippen MR) is 110 cm³/mol. The van der Waals surface area contributed by atoms with Crippen molar-refractivity contribution in [3.63, 3.8) is 0 Å². The highest BCUT2D eigenvalue weighted by atomic mass is 32.1. The van der Waals surface area contributed by atoms with Gasteiger partial charge in [0.15, 0.2) is 16.7 Å². The van der Waals surface area contributed by atoms with Crippen molar-refractivity contribution in [2.24, 2.45) is 0 Å². The number of methoxy groups -OCH3 is 1. The number of hydrogen-bond acceptors (Lipinski definition) is 3. The molecule has 2 aromatic rings. The van der Waals surface area contributed by atoms with E-state index in [1.807, 2.05) is 25.1 Å². The van der Waals surface area contributed by atoms with Crippen LogP contribution in [0.4, 0.5) is 10.1 Å². The Bertz CT molecular complexity index is 868. The molecule has 0 atom stereocenters. The molecule has 0 heterocycles. The van der Waals surface area contributed by atoms with Crippen LogP contribution in [-0.4, -0.2) is 18.1 Å². The number of benzene rings is 2. The Morgan fingerprint density at radius 1 is 1.26 bits per heavy atom. The standard InChI is InChI=1S/C20H22FN3O2S/c1-4-15-7-5-6-13(2)19(15)22-20(27)24-23-18(25)11-9-14-8-10-17(26-3)16(21)12-14/h5-12H,4H2,1-3H3,(H,23,25)(H2,22,24,27)/b11-9+. The summed E-state index contributed by atoms with van der Waals surface area (Å²) in [6.45, 7) is 4.05. The largest absolute Gasteiger partial charge is 0.494 e. The number of carbonyl (C=O) groups excluding carboxylic acids is 1. The quantitative estimate of drug-likeness (QED) is 0.415. The van der Waals surface area contributed by atoms with Gasteiger partial charge in [0.05, 0.1) is 7.11 Å². The zero-order valence-corrected chi connectivity index (χ0v) is 16.2. The lowest BCUT2D eigenvalue weighted by Crippen LogP contribution is -2.43. The monoisotopic (exact) mass is 387 g/mol. The molecule has 0 aliphatic carbocycles. The summed E-state index contributed by atoms with van der Waals surface area (Å²) in [6.07, 6.45) is 3.63. The van der Waals surface area contributed by atoms with E-state index in [0.717, 1.165) is 23.2 Å². The Morgan fingerprint density at radius 2 is 2.04 bits per heavy atom. The van der Waals surface area contributed by atoms with Gasteiger partial charge in [-0.1, -0.05) is 31.2 Å². The van der Waals surface area contributed by atoms with E-state index in [1.165, 1.54) is 31.4 Å². The third-order valence-electron chi connectivity index (χ3n) is 3.88. The van der Waals surface area contributed by atoms with E-state index in [1.54, 1.807) is 6.07 Å². The van der Waals surface area contributed by atoms with Gasteiger partial charge >= 0.3 is 0 Å². The number of amides is 1. The lowest BCUT2D eigenvalue weighted by atomic mass is 10.1. The molecular formula is C20H22FN3O2S. The lowest BCUT2D eigenvalue weighted by molar-refractivity contribution is -0.116. The van der Waals surface area contributed by atoms with Crippen LogP contribution in [0.15, 0.2) is 42.5 Å².